The molecule has 0 saturated carbocycles. The van der Waals surface area contributed by atoms with Gasteiger partial charge in [-0.2, -0.15) is 0 Å². The third kappa shape index (κ3) is 3.12. The summed E-state index contributed by atoms with van der Waals surface area (Å²) in [5, 5.41) is 0.516. The molecule has 2 aromatic heterocycles. The van der Waals surface area contributed by atoms with Crippen molar-refractivity contribution >= 4 is 22.8 Å². The van der Waals surface area contributed by atoms with E-state index in [0.717, 1.165) is 5.52 Å². The predicted molar refractivity (Wildman–Crippen MR) is 92.5 cm³/mol. The number of aromatic amines is 1. The molecule has 0 fully saturated rings. The summed E-state index contributed by atoms with van der Waals surface area (Å²) in [6, 6.07) is 5.35. The maximum atomic E-state index is 8.05. The molecule has 0 bridgehead atoms. The first-order chi connectivity index (χ1) is 14.0. The number of nitrogens with one attached hydrogen (secondary N) is 1. The van der Waals surface area contributed by atoms with E-state index in [0.29, 0.717) is 16.4 Å². The first-order valence-corrected chi connectivity index (χ1v) is 7.69. The van der Waals surface area contributed by atoms with Crippen molar-refractivity contribution in [1.82, 2.24) is 15.0 Å². The highest BCUT2D eigenvalue weighted by molar-refractivity contribution is 7.98. The third-order valence-corrected chi connectivity index (χ3v) is 4.15. The van der Waals surface area contributed by atoms with Crippen LogP contribution in [0.25, 0.3) is 11.0 Å². The van der Waals surface area contributed by atoms with Crippen LogP contribution >= 0.6 is 11.8 Å². The van der Waals surface area contributed by atoms with Gasteiger partial charge in [-0.15, -0.1) is 0 Å². The van der Waals surface area contributed by atoms with Crippen LogP contribution in [0.15, 0.2) is 29.5 Å². The Balaban J connectivity index is 2.02. The Morgan fingerprint density at radius 2 is 2.22 bits per heavy atom. The summed E-state index contributed by atoms with van der Waals surface area (Å²) in [6.07, 6.45) is -0.537. The second-order valence-corrected chi connectivity index (χ2v) is 5.63. The van der Waals surface area contributed by atoms with E-state index in [1.807, 2.05) is 0 Å². The van der Waals surface area contributed by atoms with Crippen molar-refractivity contribution in [2.45, 2.75) is 24.6 Å². The monoisotopic (exact) mass is 336 g/mol. The maximum absolute atomic E-state index is 8.05. The van der Waals surface area contributed by atoms with Gasteiger partial charge >= 0.3 is 0 Å². The van der Waals surface area contributed by atoms with Gasteiger partial charge in [-0.1, -0.05) is 11.8 Å². The van der Waals surface area contributed by atoms with E-state index < -0.39 is 25.4 Å². The Kier molecular flexibility index (Phi) is 2.59. The van der Waals surface area contributed by atoms with Crippen LogP contribution in [0, 0.1) is 13.7 Å². The molecule has 0 saturated heterocycles. The lowest BCUT2D eigenvalue weighted by Crippen LogP contribution is -1.98. The molecule has 0 aliphatic carbocycles. The molecular formula is C17H19N3O2S. The van der Waals surface area contributed by atoms with Crippen molar-refractivity contribution in [3.05, 3.63) is 41.2 Å². The number of nitrogens with zero attached hydrogens (tertiary/aromatic N) is 2. The first-order valence-electron chi connectivity index (χ1n) is 10.2. The van der Waals surface area contributed by atoms with Gasteiger partial charge in [0.25, 0.3) is 0 Å². The van der Waals surface area contributed by atoms with Gasteiger partial charge < -0.3 is 14.5 Å². The van der Waals surface area contributed by atoms with Crippen LogP contribution in [0.2, 0.25) is 0 Å². The van der Waals surface area contributed by atoms with Crippen LogP contribution in [0.4, 0.5) is 0 Å². The minimum Gasteiger partial charge on any atom is -0.497 e. The Morgan fingerprint density at radius 1 is 1.30 bits per heavy atom. The smallest absolute Gasteiger partial charge is 0.166 e. The quantitative estimate of drug-likeness (QED) is 0.716. The zero-order valence-electron chi connectivity index (χ0n) is 19.6. The molecule has 0 amide bonds. The van der Waals surface area contributed by atoms with Gasteiger partial charge in [-0.25, -0.2) is 4.98 Å². The van der Waals surface area contributed by atoms with E-state index in [4.69, 9.17) is 19.1 Å². The average Bonchev–Trinajstić information content (AvgIpc) is 3.05. The van der Waals surface area contributed by atoms with Crippen molar-refractivity contribution in [2.24, 2.45) is 0 Å². The second-order valence-electron chi connectivity index (χ2n) is 4.67. The fourth-order valence-electron chi connectivity index (χ4n) is 2.09. The lowest BCUT2D eigenvalue weighted by molar-refractivity contribution is 0.407. The van der Waals surface area contributed by atoms with Gasteiger partial charge in [0, 0.05) is 37.3 Å². The minimum absolute atomic E-state index is 0.0490. The zero-order chi connectivity index (χ0) is 22.3. The number of methoxy groups -OCH3 is 2. The van der Waals surface area contributed by atoms with E-state index in [1.54, 1.807) is 25.3 Å². The van der Waals surface area contributed by atoms with Crippen molar-refractivity contribution in [3.63, 3.8) is 0 Å². The molecule has 23 heavy (non-hydrogen) atoms. The Labute approximate surface area is 149 Å². The summed E-state index contributed by atoms with van der Waals surface area (Å²) < 4.78 is 64.9. The van der Waals surface area contributed by atoms with E-state index in [2.05, 4.69) is 15.0 Å². The Morgan fingerprint density at radius 3 is 2.96 bits per heavy atom. The minimum atomic E-state index is -2.74. The number of pyridine rings is 1. The zero-order valence-corrected chi connectivity index (χ0v) is 13.4. The highest BCUT2D eigenvalue weighted by Gasteiger charge is 2.11. The van der Waals surface area contributed by atoms with Crippen molar-refractivity contribution in [2.75, 3.05) is 14.2 Å². The molecule has 3 rings (SSSR count). The van der Waals surface area contributed by atoms with E-state index in [-0.39, 0.29) is 22.8 Å². The summed E-state index contributed by atoms with van der Waals surface area (Å²) in [7, 11) is 2.74. The standard InChI is InChI=1S/C17H19N3O2S/c1-10-8-18-15(11(2)16(10)22-4)9-23-17-19-13-6-5-12(21-3)7-14(13)20-17/h5-8H,9H2,1-4H3,(H,19,20)/i1D3,2D3,8D. The molecule has 3 aromatic rings. The highest BCUT2D eigenvalue weighted by Crippen LogP contribution is 2.29. The van der Waals surface area contributed by atoms with Crippen LogP contribution in [0.5, 0.6) is 11.5 Å². The highest BCUT2D eigenvalue weighted by atomic mass is 32.2. The van der Waals surface area contributed by atoms with Crippen LogP contribution in [0.3, 0.4) is 0 Å². The number of rotatable bonds is 5. The number of hydrogen-bond acceptors (Lipinski definition) is 5. The molecule has 6 heteroatoms. The molecule has 0 aliphatic rings. The van der Waals surface area contributed by atoms with Crippen molar-refractivity contribution in [1.29, 1.82) is 0 Å². The van der Waals surface area contributed by atoms with Crippen molar-refractivity contribution < 1.29 is 19.1 Å². The number of H-pyrrole nitrogens is 1. The lowest BCUT2D eigenvalue weighted by Gasteiger charge is -2.11. The molecular weight excluding hydrogens is 310 g/mol. The first kappa shape index (κ1) is 9.17. The molecule has 1 N–H and O–H groups in total. The molecule has 120 valence electrons. The molecule has 5 nitrogen and oxygen atoms in total. The molecule has 0 aliphatic heterocycles. The molecule has 2 heterocycles. The summed E-state index contributed by atoms with van der Waals surface area (Å²) in [6.45, 7) is -5.41. The number of aromatic nitrogens is 3. The van der Waals surface area contributed by atoms with Gasteiger partial charge in [0.1, 0.15) is 11.5 Å². The fourth-order valence-corrected chi connectivity index (χ4v) is 2.92. The average molecular weight is 336 g/mol. The molecule has 0 unspecified atom stereocenters. The number of thioether (sulfide) groups is 1. The van der Waals surface area contributed by atoms with Crippen molar-refractivity contribution in [3.8, 4) is 11.5 Å². The SMILES string of the molecule is [2H]c1nc(CSc2nc3ccc(OC)cc3[nH]2)c(C([2H])([2H])[2H])c(OC)c1C([2H])([2H])[2H]. The molecule has 0 spiro atoms. The summed E-state index contributed by atoms with van der Waals surface area (Å²) in [5.41, 5.74) is 0.683. The van der Waals surface area contributed by atoms with Gasteiger partial charge in [0.05, 0.1) is 32.3 Å². The predicted octanol–water partition coefficient (Wildman–Crippen LogP) is 3.88. The largest absolute Gasteiger partial charge is 0.497 e. The van der Waals surface area contributed by atoms with Gasteiger partial charge in [-0.05, 0) is 25.8 Å². The van der Waals surface area contributed by atoms with E-state index in [1.165, 1.54) is 18.9 Å². The number of fused-ring (bicyclic) bond motifs is 1. The number of hydrogen-bond donors (Lipinski definition) is 1. The van der Waals surface area contributed by atoms with Crippen LogP contribution < -0.4 is 9.47 Å². The molecule has 1 aromatic carbocycles. The summed E-state index contributed by atoms with van der Waals surface area (Å²) in [4.78, 5) is 11.5. The Hall–Kier alpha value is -2.21. The van der Waals surface area contributed by atoms with Gasteiger partial charge in [0.15, 0.2) is 5.16 Å². The van der Waals surface area contributed by atoms with E-state index in [9.17, 15) is 0 Å². The number of benzene rings is 1. The maximum Gasteiger partial charge on any atom is 0.166 e. The lowest BCUT2D eigenvalue weighted by atomic mass is 10.1. The third-order valence-electron chi connectivity index (χ3n) is 3.26. The fraction of sp³-hybridized carbons (Fsp3) is 0.294. The van der Waals surface area contributed by atoms with Crippen LogP contribution in [-0.4, -0.2) is 29.2 Å². The number of ether oxygens (including phenoxy) is 2. The second kappa shape index (κ2) is 6.50. The van der Waals surface area contributed by atoms with Crippen LogP contribution in [-0.2, 0) is 5.75 Å². The van der Waals surface area contributed by atoms with E-state index >= 15 is 0 Å². The topological polar surface area (TPSA) is 60.0 Å². The molecule has 0 atom stereocenters. The summed E-state index contributed by atoms with van der Waals surface area (Å²) in [5.74, 6) is 0.367. The van der Waals surface area contributed by atoms with Gasteiger partial charge in [-0.3, -0.25) is 4.98 Å². The van der Waals surface area contributed by atoms with Gasteiger partial charge in [0.2, 0.25) is 0 Å². The summed E-state index contributed by atoms with van der Waals surface area (Å²) >= 11 is 1.18. The molecule has 0 radical (unpaired) electrons. The normalized spacial score (nSPS) is 16.5. The number of imidazole rings is 1. The van der Waals surface area contributed by atoms with Crippen LogP contribution in [0.1, 0.15) is 26.4 Å². The Bertz CT molecular complexity index is 1080.